The molecule has 0 fully saturated rings. The van der Waals surface area contributed by atoms with Gasteiger partial charge in [0.05, 0.1) is 39.9 Å². The third kappa shape index (κ3) is 48.7. The molecule has 0 bridgehead atoms. The molecule has 9 heteroatoms. The molecule has 3 atom stereocenters. The number of carbonyl (C=O) groups excluding carboxylic acids is 1. The molecule has 0 spiro atoms. The Kier molecular flexibility index (Phi) is 45.4. The van der Waals surface area contributed by atoms with Crippen LogP contribution in [0.5, 0.6) is 0 Å². The summed E-state index contributed by atoms with van der Waals surface area (Å²) in [6.45, 7) is 4.76. The van der Waals surface area contributed by atoms with Crippen molar-refractivity contribution in [1.82, 2.24) is 5.32 Å². The lowest BCUT2D eigenvalue weighted by atomic mass is 10.0. The zero-order valence-corrected chi connectivity index (χ0v) is 43.5. The smallest absolute Gasteiger partial charge is 0.387 e. The summed E-state index contributed by atoms with van der Waals surface area (Å²) in [6, 6.07) is -0.857. The van der Waals surface area contributed by atoms with E-state index in [-0.39, 0.29) is 19.1 Å². The molecule has 3 N–H and O–H groups in total. The second-order valence-electron chi connectivity index (χ2n) is 20.0. The molecule has 0 saturated carbocycles. The van der Waals surface area contributed by atoms with Gasteiger partial charge >= 0.3 is 7.82 Å². The molecule has 0 saturated heterocycles. The van der Waals surface area contributed by atoms with Crippen molar-refractivity contribution in [2.75, 3.05) is 40.9 Å². The highest BCUT2D eigenvalue weighted by Gasteiger charge is 2.27. The maximum Gasteiger partial charge on any atom is 0.472 e. The molecule has 374 valence electrons. The minimum absolute atomic E-state index is 0.0580. The first-order valence-electron chi connectivity index (χ1n) is 27.2. The Bertz CT molecular complexity index is 1080. The summed E-state index contributed by atoms with van der Waals surface area (Å²) in [6.07, 6.45) is 57.4. The number of aliphatic hydroxyl groups is 1. The van der Waals surface area contributed by atoms with Crippen LogP contribution in [0.3, 0.4) is 0 Å². The highest BCUT2D eigenvalue weighted by molar-refractivity contribution is 7.47. The summed E-state index contributed by atoms with van der Waals surface area (Å²) < 4.78 is 23.5. The van der Waals surface area contributed by atoms with Gasteiger partial charge in [0.2, 0.25) is 5.91 Å². The fourth-order valence-electron chi connectivity index (χ4n) is 8.12. The summed E-state index contributed by atoms with van der Waals surface area (Å²) in [5.41, 5.74) is 0. The van der Waals surface area contributed by atoms with Gasteiger partial charge in [0.25, 0.3) is 0 Å². The Hall–Kier alpha value is -1.02. The van der Waals surface area contributed by atoms with Crippen LogP contribution in [-0.2, 0) is 18.4 Å². The number of likely N-dealkylation sites (N-methyl/N-ethyl adjacent to an activating group) is 1. The zero-order chi connectivity index (χ0) is 46.4. The van der Waals surface area contributed by atoms with E-state index in [0.717, 1.165) is 38.5 Å². The number of aliphatic hydroxyl groups excluding tert-OH is 1. The van der Waals surface area contributed by atoms with Crippen LogP contribution in [0.15, 0.2) is 24.3 Å². The predicted molar refractivity (Wildman–Crippen MR) is 272 cm³/mol. The summed E-state index contributed by atoms with van der Waals surface area (Å²) >= 11 is 0. The van der Waals surface area contributed by atoms with Crippen molar-refractivity contribution in [3.05, 3.63) is 24.3 Å². The molecular formula is C54H108N2O6P+. The largest absolute Gasteiger partial charge is 0.472 e. The molecule has 0 aliphatic rings. The molecule has 8 nitrogen and oxygen atoms in total. The lowest BCUT2D eigenvalue weighted by Gasteiger charge is -2.25. The highest BCUT2D eigenvalue weighted by Crippen LogP contribution is 2.43. The maximum atomic E-state index is 12.9. The van der Waals surface area contributed by atoms with Crippen LogP contribution >= 0.6 is 7.82 Å². The van der Waals surface area contributed by atoms with Crippen molar-refractivity contribution in [3.63, 3.8) is 0 Å². The van der Waals surface area contributed by atoms with Crippen molar-refractivity contribution in [3.8, 4) is 0 Å². The van der Waals surface area contributed by atoms with Gasteiger partial charge in [-0.1, -0.05) is 250 Å². The van der Waals surface area contributed by atoms with E-state index in [1.165, 1.54) is 205 Å². The molecule has 0 aliphatic heterocycles. The second-order valence-corrected chi connectivity index (χ2v) is 21.4. The van der Waals surface area contributed by atoms with Crippen LogP contribution in [0.2, 0.25) is 0 Å². The third-order valence-corrected chi connectivity index (χ3v) is 13.4. The van der Waals surface area contributed by atoms with Gasteiger partial charge in [-0.25, -0.2) is 4.57 Å². The fraction of sp³-hybridized carbons (Fsp3) is 0.907. The number of hydrogen-bond acceptors (Lipinski definition) is 5. The second kappa shape index (κ2) is 46.1. The van der Waals surface area contributed by atoms with Crippen LogP contribution in [0.4, 0.5) is 0 Å². The number of phosphoric acid groups is 1. The molecule has 0 aromatic carbocycles. The van der Waals surface area contributed by atoms with Gasteiger partial charge in [-0.3, -0.25) is 13.8 Å². The number of phosphoric ester groups is 1. The number of unbranched alkanes of at least 4 members (excludes halogenated alkanes) is 35. The number of quaternary nitrogens is 1. The fourth-order valence-corrected chi connectivity index (χ4v) is 8.85. The Morgan fingerprint density at radius 2 is 0.873 bits per heavy atom. The number of amides is 1. The third-order valence-electron chi connectivity index (χ3n) is 12.4. The van der Waals surface area contributed by atoms with E-state index in [2.05, 4.69) is 31.3 Å². The molecule has 0 rings (SSSR count). The first-order valence-corrected chi connectivity index (χ1v) is 28.7. The average molecular weight is 912 g/mol. The van der Waals surface area contributed by atoms with Gasteiger partial charge in [0.15, 0.2) is 0 Å². The van der Waals surface area contributed by atoms with Gasteiger partial charge in [0.1, 0.15) is 13.2 Å². The number of nitrogens with one attached hydrogen (secondary N) is 1. The lowest BCUT2D eigenvalue weighted by Crippen LogP contribution is -2.45. The van der Waals surface area contributed by atoms with E-state index < -0.39 is 20.0 Å². The summed E-state index contributed by atoms with van der Waals surface area (Å²) in [7, 11) is 1.56. The molecule has 0 aliphatic carbocycles. The van der Waals surface area contributed by atoms with E-state index in [4.69, 9.17) is 9.05 Å². The first-order chi connectivity index (χ1) is 30.5. The average Bonchev–Trinajstić information content (AvgIpc) is 3.24. The Morgan fingerprint density at radius 3 is 1.27 bits per heavy atom. The lowest BCUT2D eigenvalue weighted by molar-refractivity contribution is -0.870. The number of allylic oxidation sites excluding steroid dienone is 3. The molecule has 0 aromatic heterocycles. The minimum atomic E-state index is -4.34. The van der Waals surface area contributed by atoms with Crippen molar-refractivity contribution in [2.24, 2.45) is 0 Å². The topological polar surface area (TPSA) is 105 Å². The summed E-state index contributed by atoms with van der Waals surface area (Å²) in [4.78, 5) is 23.1. The van der Waals surface area contributed by atoms with Gasteiger partial charge in [-0.15, -0.1) is 0 Å². The van der Waals surface area contributed by atoms with Crippen LogP contribution in [0, 0.1) is 0 Å². The van der Waals surface area contributed by atoms with Gasteiger partial charge in [0, 0.05) is 6.42 Å². The normalized spacial score (nSPS) is 14.2. The molecule has 0 aromatic rings. The number of nitrogens with zero attached hydrogens (tertiary/aromatic N) is 1. The summed E-state index contributed by atoms with van der Waals surface area (Å²) in [5, 5.41) is 13.8. The highest BCUT2D eigenvalue weighted by atomic mass is 31.2. The van der Waals surface area contributed by atoms with Crippen molar-refractivity contribution in [2.45, 2.75) is 276 Å². The van der Waals surface area contributed by atoms with Gasteiger partial charge in [-0.2, -0.15) is 0 Å². The SMILES string of the molecule is CCCCC/C=C/CC/C=C/C(O)C(COP(=O)(O)OCC[N+](C)(C)C)NC(=O)CCCCCCCCCCCCCCCCCCCCCCCCCCCCCCCCCC. The number of hydrogen-bond donors (Lipinski definition) is 3. The Balaban J connectivity index is 3.90. The minimum Gasteiger partial charge on any atom is -0.387 e. The van der Waals surface area contributed by atoms with E-state index in [9.17, 15) is 19.4 Å². The standard InChI is InChI=1S/C54H107N2O6P/c1-6-8-10-12-14-16-17-18-19-20-21-22-23-24-25-26-27-28-29-30-31-32-33-34-35-36-37-38-40-42-44-46-48-54(58)55-52(51-62-63(59,60)61-50-49-56(3,4)5)53(57)47-45-43-41-39-15-13-11-9-7-2/h15,39,45,47,52-53,57H,6-14,16-38,40-44,46,48-51H2,1-5H3,(H-,55,58,59,60)/p+1/b39-15+,47-45+. The molecule has 0 heterocycles. The number of carbonyl (C=O) groups is 1. The van der Waals surface area contributed by atoms with E-state index >= 15 is 0 Å². The summed E-state index contributed by atoms with van der Waals surface area (Å²) in [5.74, 6) is -0.185. The predicted octanol–water partition coefficient (Wildman–Crippen LogP) is 16.0. The molecule has 3 unspecified atom stereocenters. The zero-order valence-electron chi connectivity index (χ0n) is 42.6. The molecular weight excluding hydrogens is 804 g/mol. The van der Waals surface area contributed by atoms with Crippen LogP contribution < -0.4 is 5.32 Å². The van der Waals surface area contributed by atoms with Crippen LogP contribution in [0.1, 0.15) is 264 Å². The van der Waals surface area contributed by atoms with Crippen LogP contribution in [-0.4, -0.2) is 73.4 Å². The quantitative estimate of drug-likeness (QED) is 0.0243. The first kappa shape index (κ1) is 62.0. The van der Waals surface area contributed by atoms with E-state index in [1.807, 2.05) is 27.2 Å². The number of rotatable bonds is 50. The molecule has 0 radical (unpaired) electrons. The van der Waals surface area contributed by atoms with Crippen molar-refractivity contribution < 1.29 is 32.9 Å². The van der Waals surface area contributed by atoms with E-state index in [0.29, 0.717) is 17.4 Å². The van der Waals surface area contributed by atoms with Crippen LogP contribution in [0.25, 0.3) is 0 Å². The maximum absolute atomic E-state index is 12.9. The van der Waals surface area contributed by atoms with Crippen molar-refractivity contribution >= 4 is 13.7 Å². The van der Waals surface area contributed by atoms with Crippen molar-refractivity contribution in [1.29, 1.82) is 0 Å². The Labute approximate surface area is 392 Å². The molecule has 1 amide bonds. The monoisotopic (exact) mass is 912 g/mol. The van der Waals surface area contributed by atoms with Gasteiger partial charge in [-0.05, 0) is 32.1 Å². The van der Waals surface area contributed by atoms with E-state index in [1.54, 1.807) is 6.08 Å². The molecule has 63 heavy (non-hydrogen) atoms. The Morgan fingerprint density at radius 1 is 0.524 bits per heavy atom. The van der Waals surface area contributed by atoms with Gasteiger partial charge < -0.3 is 19.8 Å².